The molecule has 0 heterocycles. The second-order valence-electron chi connectivity index (χ2n) is 20.8. The van der Waals surface area contributed by atoms with Gasteiger partial charge < -0.3 is 4.74 Å². The molecule has 0 aromatic heterocycles. The standard InChI is InChI=1S/C46H99O23P7S7/c1-32(2)56-70(48,57-33(3)4)78-26-42(19)66-75(53,67-43(20)27-79-71(49,58-34(5)6)59-35(7)8)82-30-40(17)64-74(52,77-25-24-46(47)55-23)65-41(18)31-83-76(54,68-44(21)28-80-72(50,60-36(9)10)61-37(11)12)69-45(22)29-81-73(51,62-38(13)14)63-39(15)16/h32-45H,24-31H2,1-23H3. The summed E-state index contributed by atoms with van der Waals surface area (Å²) in [4.78, 5) is 12.2. The molecule has 0 fully saturated rings. The van der Waals surface area contributed by atoms with Gasteiger partial charge in [0.25, 0.3) is 0 Å². The lowest BCUT2D eigenvalue weighted by Gasteiger charge is -2.29. The Morgan fingerprint density at radius 2 is 0.410 bits per heavy atom. The van der Waals surface area contributed by atoms with Crippen LogP contribution >= 0.6 is 127 Å². The van der Waals surface area contributed by atoms with Crippen LogP contribution < -0.4 is 0 Å². The van der Waals surface area contributed by atoms with Crippen molar-refractivity contribution in [2.75, 3.05) is 47.4 Å². The zero-order valence-corrected chi connectivity index (χ0v) is 64.6. The number of hydrogen-bond acceptors (Lipinski definition) is 30. The normalized spacial score (nSPS) is 17.8. The summed E-state index contributed by atoms with van der Waals surface area (Å²) in [6.45, 7) is 9.49. The van der Waals surface area contributed by atoms with Gasteiger partial charge in [-0.05, 0) is 232 Å². The average Bonchev–Trinajstić information content (AvgIpc) is 3.29. The topological polar surface area (TPSA) is 275 Å². The zero-order valence-electron chi connectivity index (χ0n) is 52.6. The maximum absolute atomic E-state index is 14.9. The van der Waals surface area contributed by atoms with E-state index in [1.807, 2.05) is 0 Å². The lowest BCUT2D eigenvalue weighted by atomic mass is 10.5. The van der Waals surface area contributed by atoms with Crippen LogP contribution in [0.2, 0.25) is 0 Å². The predicted octanol–water partition coefficient (Wildman–Crippen LogP) is 19.3. The van der Waals surface area contributed by atoms with Gasteiger partial charge in [0, 0.05) is 40.3 Å². The summed E-state index contributed by atoms with van der Waals surface area (Å²) in [6, 6.07) is 0. The van der Waals surface area contributed by atoms with Crippen molar-refractivity contribution in [1.82, 2.24) is 0 Å². The third-order valence-electron chi connectivity index (χ3n) is 8.16. The Hall–Kier alpha value is 2.97. The maximum atomic E-state index is 14.9. The van der Waals surface area contributed by atoms with Crippen molar-refractivity contribution in [1.29, 1.82) is 0 Å². The van der Waals surface area contributed by atoms with Gasteiger partial charge in [0.05, 0.1) is 99.0 Å². The molecule has 0 amide bonds. The molecule has 37 heteroatoms. The SMILES string of the molecule is COC(=O)CCSP(=O)(OC(C)CSP(=O)(OC(C)CSP(=O)(OC(C)C)OC(C)C)OC(C)CSP(=O)(OC(C)C)OC(C)C)OC(C)CSP(=O)(OC(C)CSP(=O)(OC(C)C)OC(C)C)OC(C)CSP(=O)(OC(C)C)OC(C)C. The fourth-order valence-electron chi connectivity index (χ4n) is 5.69. The largest absolute Gasteiger partial charge is 0.469 e. The molecule has 0 aromatic rings. The van der Waals surface area contributed by atoms with Gasteiger partial charge in [-0.3, -0.25) is 68.1 Å². The van der Waals surface area contributed by atoms with Crippen LogP contribution in [0.4, 0.5) is 0 Å². The van der Waals surface area contributed by atoms with E-state index >= 15 is 0 Å². The molecular formula is C46H99O23P7S7. The van der Waals surface area contributed by atoms with E-state index in [1.54, 1.807) is 152 Å². The summed E-state index contributed by atoms with van der Waals surface area (Å²) in [6.07, 6.45) is -9.16. The smallest absolute Gasteiger partial charge is 0.389 e. The molecule has 0 saturated heterocycles. The summed E-state index contributed by atoms with van der Waals surface area (Å²) in [5.41, 5.74) is 0. The second-order valence-corrected chi connectivity index (χ2v) is 49.0. The van der Waals surface area contributed by atoms with Crippen molar-refractivity contribution in [2.24, 2.45) is 0 Å². The van der Waals surface area contributed by atoms with Crippen LogP contribution in [0.3, 0.4) is 0 Å². The van der Waals surface area contributed by atoms with Gasteiger partial charge in [0.2, 0.25) is 0 Å². The molecule has 0 aliphatic heterocycles. The third kappa shape index (κ3) is 42.0. The molecular weight excluding hydrogens is 1360 g/mol. The summed E-state index contributed by atoms with van der Waals surface area (Å²) >= 11 is 5.72. The maximum Gasteiger partial charge on any atom is 0.389 e. The summed E-state index contributed by atoms with van der Waals surface area (Å²) < 4.78 is 187. The molecule has 0 saturated carbocycles. The first kappa shape index (κ1) is 86.0. The number of esters is 1. The van der Waals surface area contributed by atoms with Crippen LogP contribution in [-0.2, 0) is 105 Å². The minimum absolute atomic E-state index is 0.000792. The van der Waals surface area contributed by atoms with E-state index in [2.05, 4.69) is 0 Å². The highest BCUT2D eigenvalue weighted by atomic mass is 32.7. The van der Waals surface area contributed by atoms with Crippen LogP contribution in [0, 0.1) is 0 Å². The number of rotatable bonds is 50. The first-order chi connectivity index (χ1) is 37.9. The summed E-state index contributed by atoms with van der Waals surface area (Å²) in [5, 5.41) is 0. The molecule has 0 N–H and O–H groups in total. The fourth-order valence-corrected chi connectivity index (χ4v) is 35.3. The molecule has 6 unspecified atom stereocenters. The number of hydrogen-bond donors (Lipinski definition) is 0. The van der Waals surface area contributed by atoms with Crippen molar-refractivity contribution < 1.29 is 105 Å². The number of carbonyl (C=O) groups excluding carboxylic acids is 1. The van der Waals surface area contributed by atoms with Gasteiger partial charge in [0.15, 0.2) is 0 Å². The van der Waals surface area contributed by atoms with Gasteiger partial charge >= 0.3 is 53.6 Å². The minimum atomic E-state index is -4.29. The molecule has 83 heavy (non-hydrogen) atoms. The van der Waals surface area contributed by atoms with E-state index < -0.39 is 139 Å². The van der Waals surface area contributed by atoms with Crippen molar-refractivity contribution in [3.8, 4) is 0 Å². The third-order valence-corrected chi connectivity index (χ3v) is 37.1. The highest BCUT2D eigenvalue weighted by Crippen LogP contribution is 2.70. The van der Waals surface area contributed by atoms with Gasteiger partial charge in [0.1, 0.15) is 0 Å². The molecule has 498 valence electrons. The quantitative estimate of drug-likeness (QED) is 0.0404. The Kier molecular flexibility index (Phi) is 43.1. The Labute approximate surface area is 525 Å². The van der Waals surface area contributed by atoms with Crippen LogP contribution in [0.5, 0.6) is 0 Å². The van der Waals surface area contributed by atoms with Crippen molar-refractivity contribution in [2.45, 2.75) is 244 Å². The van der Waals surface area contributed by atoms with E-state index in [1.165, 1.54) is 7.11 Å². The molecule has 0 rings (SSSR count). The highest BCUT2D eigenvalue weighted by molar-refractivity contribution is 8.57. The second kappa shape index (κ2) is 41.6. The van der Waals surface area contributed by atoms with Crippen LogP contribution in [0.1, 0.15) is 159 Å². The minimum Gasteiger partial charge on any atom is -0.469 e. The van der Waals surface area contributed by atoms with E-state index in [9.17, 15) is 36.7 Å². The van der Waals surface area contributed by atoms with Crippen LogP contribution in [0.25, 0.3) is 0 Å². The lowest BCUT2D eigenvalue weighted by Crippen LogP contribution is -2.19. The van der Waals surface area contributed by atoms with Crippen LogP contribution in [0.15, 0.2) is 0 Å². The Morgan fingerprint density at radius 3 is 0.554 bits per heavy atom. The van der Waals surface area contributed by atoms with Gasteiger partial charge in [-0.25, -0.2) is 32.0 Å². The summed E-state index contributed by atoms with van der Waals surface area (Å²) in [5.74, 6) is -0.994. The van der Waals surface area contributed by atoms with Crippen LogP contribution in [-0.4, -0.2) is 139 Å². The van der Waals surface area contributed by atoms with Gasteiger partial charge in [-0.15, -0.1) is 0 Å². The summed E-state index contributed by atoms with van der Waals surface area (Å²) in [7, 11) is 1.21. The van der Waals surface area contributed by atoms with Crippen molar-refractivity contribution >= 4 is 133 Å². The lowest BCUT2D eigenvalue weighted by molar-refractivity contribution is -0.140. The van der Waals surface area contributed by atoms with E-state index in [-0.39, 0.29) is 46.7 Å². The molecule has 0 bridgehead atoms. The number of methoxy groups -OCH3 is 1. The van der Waals surface area contributed by atoms with E-state index in [0.29, 0.717) is 0 Å². The van der Waals surface area contributed by atoms with Gasteiger partial charge in [-0.1, -0.05) is 0 Å². The monoisotopic (exact) mass is 1460 g/mol. The molecule has 23 nitrogen and oxygen atoms in total. The fraction of sp³-hybridized carbons (Fsp3) is 0.978. The average molecular weight is 1460 g/mol. The Balaban J connectivity index is 6.97. The van der Waals surface area contributed by atoms with Crippen molar-refractivity contribution in [3.05, 3.63) is 0 Å². The molecule has 0 radical (unpaired) electrons. The molecule has 0 aliphatic carbocycles. The van der Waals surface area contributed by atoms with Crippen molar-refractivity contribution in [3.63, 3.8) is 0 Å². The van der Waals surface area contributed by atoms with Gasteiger partial charge in [-0.2, -0.15) is 0 Å². The molecule has 0 spiro atoms. The zero-order chi connectivity index (χ0) is 64.4. The number of ether oxygens (including phenoxy) is 1. The van der Waals surface area contributed by atoms with E-state index in [0.717, 1.165) is 79.7 Å². The molecule has 0 aromatic carbocycles. The van der Waals surface area contributed by atoms with E-state index in [4.69, 9.17) is 68.1 Å². The number of carbonyl (C=O) groups is 1. The highest BCUT2D eigenvalue weighted by Gasteiger charge is 2.41. The first-order valence-electron chi connectivity index (χ1n) is 27.3. The predicted molar refractivity (Wildman–Crippen MR) is 350 cm³/mol. The Morgan fingerprint density at radius 1 is 0.265 bits per heavy atom. The first-order valence-corrected chi connectivity index (χ1v) is 49.2. The molecule has 0 aliphatic rings. The Bertz CT molecular complexity index is 1910. The molecule has 6 atom stereocenters.